The van der Waals surface area contributed by atoms with Crippen LogP contribution < -0.4 is 0 Å². The predicted molar refractivity (Wildman–Crippen MR) is 99.2 cm³/mol. The SMILES string of the molecule is CN(CCc1ccncc1)C(=O)CCc1nc(-c2ccccn2)cs1. The lowest BCUT2D eigenvalue weighted by Gasteiger charge is -2.16. The van der Waals surface area contributed by atoms with Gasteiger partial charge in [0.15, 0.2) is 0 Å². The van der Waals surface area contributed by atoms with Gasteiger partial charge in [-0.15, -0.1) is 11.3 Å². The summed E-state index contributed by atoms with van der Waals surface area (Å²) in [6.07, 6.45) is 7.29. The Kier molecular flexibility index (Phi) is 5.85. The van der Waals surface area contributed by atoms with Crippen LogP contribution in [0.2, 0.25) is 0 Å². The molecule has 0 N–H and O–H groups in total. The van der Waals surface area contributed by atoms with Gasteiger partial charge in [0.1, 0.15) is 0 Å². The molecule has 3 rings (SSSR count). The van der Waals surface area contributed by atoms with E-state index < -0.39 is 0 Å². The quantitative estimate of drug-likeness (QED) is 0.655. The van der Waals surface area contributed by atoms with Gasteiger partial charge in [0, 0.05) is 50.4 Å². The second kappa shape index (κ2) is 8.48. The van der Waals surface area contributed by atoms with Crippen molar-refractivity contribution in [2.45, 2.75) is 19.3 Å². The highest BCUT2D eigenvalue weighted by Crippen LogP contribution is 2.20. The van der Waals surface area contributed by atoms with Crippen LogP contribution in [0.1, 0.15) is 17.0 Å². The third-order valence-electron chi connectivity index (χ3n) is 3.94. The number of amides is 1. The summed E-state index contributed by atoms with van der Waals surface area (Å²) >= 11 is 1.58. The third-order valence-corrected chi connectivity index (χ3v) is 4.85. The second-order valence-electron chi connectivity index (χ2n) is 5.76. The number of hydrogen-bond donors (Lipinski definition) is 0. The van der Waals surface area contributed by atoms with Crippen LogP contribution in [0.15, 0.2) is 54.3 Å². The molecule has 128 valence electrons. The Morgan fingerprint density at radius 2 is 1.92 bits per heavy atom. The molecule has 0 bridgehead atoms. The summed E-state index contributed by atoms with van der Waals surface area (Å²) in [6.45, 7) is 0.708. The minimum Gasteiger partial charge on any atom is -0.345 e. The number of likely N-dealkylation sites (N-methyl/N-ethyl adjacent to an activating group) is 1. The van der Waals surface area contributed by atoms with Crippen LogP contribution in [-0.2, 0) is 17.6 Å². The van der Waals surface area contributed by atoms with E-state index >= 15 is 0 Å². The standard InChI is InChI=1S/C19H20N4OS/c1-23(13-9-15-7-11-20-12-8-15)19(24)6-5-18-22-17(14-25-18)16-4-2-3-10-21-16/h2-4,7-8,10-12,14H,5-6,9,13H2,1H3. The first kappa shape index (κ1) is 17.2. The van der Waals surface area contributed by atoms with Gasteiger partial charge in [0.2, 0.25) is 5.91 Å². The summed E-state index contributed by atoms with van der Waals surface area (Å²) < 4.78 is 0. The summed E-state index contributed by atoms with van der Waals surface area (Å²) in [4.78, 5) is 27.0. The average Bonchev–Trinajstić information content (AvgIpc) is 3.15. The summed E-state index contributed by atoms with van der Waals surface area (Å²) in [5.41, 5.74) is 2.93. The molecule has 3 heterocycles. The highest BCUT2D eigenvalue weighted by atomic mass is 32.1. The summed E-state index contributed by atoms with van der Waals surface area (Å²) in [7, 11) is 1.85. The van der Waals surface area contributed by atoms with Crippen molar-refractivity contribution >= 4 is 17.2 Å². The zero-order valence-corrected chi connectivity index (χ0v) is 14.9. The Morgan fingerprint density at radius 1 is 1.08 bits per heavy atom. The molecule has 3 aromatic rings. The van der Waals surface area contributed by atoms with Crippen LogP contribution in [0.3, 0.4) is 0 Å². The van der Waals surface area contributed by atoms with E-state index in [1.54, 1.807) is 34.8 Å². The van der Waals surface area contributed by atoms with E-state index in [1.165, 1.54) is 5.56 Å². The fraction of sp³-hybridized carbons (Fsp3) is 0.263. The maximum Gasteiger partial charge on any atom is 0.222 e. The van der Waals surface area contributed by atoms with Crippen molar-refractivity contribution in [3.05, 3.63) is 64.9 Å². The number of nitrogens with zero attached hydrogens (tertiary/aromatic N) is 4. The van der Waals surface area contributed by atoms with Crippen LogP contribution in [-0.4, -0.2) is 39.4 Å². The monoisotopic (exact) mass is 352 g/mol. The molecule has 3 aromatic heterocycles. The van der Waals surface area contributed by atoms with E-state index in [9.17, 15) is 4.79 Å². The Balaban J connectivity index is 1.48. The van der Waals surface area contributed by atoms with Gasteiger partial charge < -0.3 is 4.90 Å². The van der Waals surface area contributed by atoms with Crippen molar-refractivity contribution < 1.29 is 4.79 Å². The maximum absolute atomic E-state index is 12.3. The highest BCUT2D eigenvalue weighted by molar-refractivity contribution is 7.09. The number of pyridine rings is 2. The third kappa shape index (κ3) is 4.93. The summed E-state index contributed by atoms with van der Waals surface area (Å²) in [5.74, 6) is 0.142. The van der Waals surface area contributed by atoms with Crippen LogP contribution in [0.4, 0.5) is 0 Å². The minimum absolute atomic E-state index is 0.142. The van der Waals surface area contributed by atoms with E-state index in [0.29, 0.717) is 19.4 Å². The first-order chi connectivity index (χ1) is 12.2. The normalized spacial score (nSPS) is 10.6. The predicted octanol–water partition coefficient (Wildman–Crippen LogP) is 3.23. The fourth-order valence-electron chi connectivity index (χ4n) is 2.43. The van der Waals surface area contributed by atoms with E-state index in [0.717, 1.165) is 22.8 Å². The van der Waals surface area contributed by atoms with Crippen molar-refractivity contribution in [2.75, 3.05) is 13.6 Å². The van der Waals surface area contributed by atoms with E-state index in [1.807, 2.05) is 42.8 Å². The minimum atomic E-state index is 0.142. The molecule has 5 nitrogen and oxygen atoms in total. The summed E-state index contributed by atoms with van der Waals surface area (Å²) in [6, 6.07) is 9.73. The Morgan fingerprint density at radius 3 is 2.68 bits per heavy atom. The lowest BCUT2D eigenvalue weighted by molar-refractivity contribution is -0.129. The molecular formula is C19H20N4OS. The number of aryl methyl sites for hydroxylation is 1. The summed E-state index contributed by atoms with van der Waals surface area (Å²) in [5, 5.41) is 2.96. The van der Waals surface area contributed by atoms with Crippen molar-refractivity contribution in [3.8, 4) is 11.4 Å². The van der Waals surface area contributed by atoms with Crippen LogP contribution in [0.5, 0.6) is 0 Å². The molecule has 0 unspecified atom stereocenters. The molecule has 0 atom stereocenters. The van der Waals surface area contributed by atoms with Gasteiger partial charge in [0.05, 0.1) is 16.4 Å². The molecule has 0 radical (unpaired) electrons. The smallest absolute Gasteiger partial charge is 0.222 e. The number of hydrogen-bond acceptors (Lipinski definition) is 5. The number of aromatic nitrogens is 3. The molecule has 0 saturated carbocycles. The van der Waals surface area contributed by atoms with E-state index in [2.05, 4.69) is 15.0 Å². The Labute approximate surface area is 151 Å². The fourth-order valence-corrected chi connectivity index (χ4v) is 3.23. The largest absolute Gasteiger partial charge is 0.345 e. The average molecular weight is 352 g/mol. The molecule has 0 spiro atoms. The van der Waals surface area contributed by atoms with Crippen molar-refractivity contribution in [1.82, 2.24) is 19.9 Å². The van der Waals surface area contributed by atoms with Crippen LogP contribution in [0, 0.1) is 0 Å². The molecule has 0 aromatic carbocycles. The number of carbonyl (C=O) groups excluding carboxylic acids is 1. The van der Waals surface area contributed by atoms with Crippen molar-refractivity contribution in [1.29, 1.82) is 0 Å². The van der Waals surface area contributed by atoms with Gasteiger partial charge in [-0.3, -0.25) is 14.8 Å². The van der Waals surface area contributed by atoms with Crippen LogP contribution >= 0.6 is 11.3 Å². The zero-order chi connectivity index (χ0) is 17.5. The second-order valence-corrected chi connectivity index (χ2v) is 6.70. The van der Waals surface area contributed by atoms with Crippen molar-refractivity contribution in [2.24, 2.45) is 0 Å². The molecule has 0 aliphatic rings. The molecule has 6 heteroatoms. The first-order valence-electron chi connectivity index (χ1n) is 8.21. The lowest BCUT2D eigenvalue weighted by atomic mass is 10.2. The topological polar surface area (TPSA) is 59.0 Å². The Hall–Kier alpha value is -2.60. The molecule has 1 amide bonds. The van der Waals surface area contributed by atoms with Crippen LogP contribution in [0.25, 0.3) is 11.4 Å². The molecule has 25 heavy (non-hydrogen) atoms. The molecule has 0 aliphatic heterocycles. The lowest BCUT2D eigenvalue weighted by Crippen LogP contribution is -2.29. The van der Waals surface area contributed by atoms with Gasteiger partial charge in [-0.1, -0.05) is 6.07 Å². The van der Waals surface area contributed by atoms with Gasteiger partial charge in [-0.05, 0) is 36.2 Å². The number of carbonyl (C=O) groups is 1. The van der Waals surface area contributed by atoms with Gasteiger partial charge in [-0.25, -0.2) is 4.98 Å². The van der Waals surface area contributed by atoms with Gasteiger partial charge >= 0.3 is 0 Å². The first-order valence-corrected chi connectivity index (χ1v) is 9.09. The van der Waals surface area contributed by atoms with Gasteiger partial charge in [0.25, 0.3) is 0 Å². The van der Waals surface area contributed by atoms with Crippen molar-refractivity contribution in [3.63, 3.8) is 0 Å². The molecule has 0 fully saturated rings. The molecule has 0 aliphatic carbocycles. The van der Waals surface area contributed by atoms with E-state index in [4.69, 9.17) is 0 Å². The van der Waals surface area contributed by atoms with E-state index in [-0.39, 0.29) is 5.91 Å². The number of rotatable bonds is 7. The van der Waals surface area contributed by atoms with Gasteiger partial charge in [-0.2, -0.15) is 0 Å². The molecule has 0 saturated heterocycles. The number of thiazole rings is 1. The maximum atomic E-state index is 12.3. The highest BCUT2D eigenvalue weighted by Gasteiger charge is 2.11. The zero-order valence-electron chi connectivity index (χ0n) is 14.1. The molecular weight excluding hydrogens is 332 g/mol. The Bertz CT molecular complexity index is 805.